The minimum absolute atomic E-state index is 0.196. The molecule has 0 saturated heterocycles. The Morgan fingerprint density at radius 2 is 1.90 bits per heavy atom. The minimum Gasteiger partial charge on any atom is -0.497 e. The van der Waals surface area contributed by atoms with Crippen LogP contribution in [0.2, 0.25) is 0 Å². The van der Waals surface area contributed by atoms with Gasteiger partial charge in [0.2, 0.25) is 0 Å². The van der Waals surface area contributed by atoms with Crippen molar-refractivity contribution >= 4 is 17.9 Å². The van der Waals surface area contributed by atoms with E-state index in [9.17, 15) is 14.4 Å². The predicted molar refractivity (Wildman–Crippen MR) is 105 cm³/mol. The Hall–Kier alpha value is -3.69. The number of carbonyl (C=O) groups is 3. The fourth-order valence-electron chi connectivity index (χ4n) is 2.63. The molecule has 0 fully saturated rings. The molecule has 10 heteroatoms. The quantitative estimate of drug-likeness (QED) is 0.527. The molecule has 156 valence electrons. The average molecular weight is 404 g/mol. The molecule has 0 aliphatic heterocycles. The summed E-state index contributed by atoms with van der Waals surface area (Å²) < 4.78 is 11.7. The maximum Gasteiger partial charge on any atom is 0.405 e. The second-order valence-electron chi connectivity index (χ2n) is 6.23. The SMILES string of the molecule is COc1ccc(CNC(=O)c2c(C)ccn2NC(=O)C(C)NC(=O)O)c(OC)c1. The zero-order chi connectivity index (χ0) is 21.6. The van der Waals surface area contributed by atoms with E-state index >= 15 is 0 Å². The minimum atomic E-state index is -1.32. The molecular weight excluding hydrogens is 380 g/mol. The molecule has 1 aromatic heterocycles. The summed E-state index contributed by atoms with van der Waals surface area (Å²) in [4.78, 5) is 35.5. The largest absolute Gasteiger partial charge is 0.497 e. The molecule has 0 radical (unpaired) electrons. The Labute approximate surface area is 167 Å². The number of ether oxygens (including phenoxy) is 2. The number of aromatic nitrogens is 1. The number of methoxy groups -OCH3 is 2. The van der Waals surface area contributed by atoms with Gasteiger partial charge < -0.3 is 25.2 Å². The van der Waals surface area contributed by atoms with Gasteiger partial charge in [0, 0.05) is 24.4 Å². The third-order valence-corrected chi connectivity index (χ3v) is 4.20. The van der Waals surface area contributed by atoms with Crippen molar-refractivity contribution in [1.29, 1.82) is 0 Å². The summed E-state index contributed by atoms with van der Waals surface area (Å²) in [6.45, 7) is 3.32. The van der Waals surface area contributed by atoms with Gasteiger partial charge in [-0.25, -0.2) is 4.79 Å². The van der Waals surface area contributed by atoms with E-state index in [1.54, 1.807) is 38.3 Å². The number of nitrogens with zero attached hydrogens (tertiary/aromatic N) is 1. The van der Waals surface area contributed by atoms with E-state index in [-0.39, 0.29) is 12.2 Å². The average Bonchev–Trinajstić information content (AvgIpc) is 3.05. The van der Waals surface area contributed by atoms with Crippen molar-refractivity contribution in [2.45, 2.75) is 26.4 Å². The molecule has 29 heavy (non-hydrogen) atoms. The van der Waals surface area contributed by atoms with E-state index in [0.29, 0.717) is 17.1 Å². The summed E-state index contributed by atoms with van der Waals surface area (Å²) >= 11 is 0. The number of amides is 3. The van der Waals surface area contributed by atoms with Gasteiger partial charge in [-0.1, -0.05) is 0 Å². The van der Waals surface area contributed by atoms with Crippen molar-refractivity contribution in [2.75, 3.05) is 19.6 Å². The van der Waals surface area contributed by atoms with Crippen molar-refractivity contribution < 1.29 is 29.0 Å². The van der Waals surface area contributed by atoms with Crippen molar-refractivity contribution in [3.8, 4) is 11.5 Å². The molecule has 0 bridgehead atoms. The summed E-state index contributed by atoms with van der Waals surface area (Å²) in [7, 11) is 3.07. The molecule has 1 aromatic carbocycles. The molecule has 2 aromatic rings. The molecule has 0 spiro atoms. The normalized spacial score (nSPS) is 11.3. The van der Waals surface area contributed by atoms with Crippen LogP contribution in [0.25, 0.3) is 0 Å². The van der Waals surface area contributed by atoms with Crippen LogP contribution in [0.15, 0.2) is 30.5 Å². The molecule has 1 heterocycles. The van der Waals surface area contributed by atoms with E-state index in [1.807, 2.05) is 0 Å². The number of hydrogen-bond donors (Lipinski definition) is 4. The topological polar surface area (TPSA) is 131 Å². The summed E-state index contributed by atoms with van der Waals surface area (Å²) in [6, 6.07) is 5.93. The number of carboxylic acid groups (broad SMARTS) is 1. The summed E-state index contributed by atoms with van der Waals surface area (Å²) in [5.41, 5.74) is 4.13. The van der Waals surface area contributed by atoms with E-state index in [0.717, 1.165) is 5.56 Å². The Bertz CT molecular complexity index is 908. The fourth-order valence-corrected chi connectivity index (χ4v) is 2.63. The van der Waals surface area contributed by atoms with Gasteiger partial charge >= 0.3 is 6.09 Å². The Morgan fingerprint density at radius 1 is 1.17 bits per heavy atom. The van der Waals surface area contributed by atoms with Gasteiger partial charge in [-0.05, 0) is 37.6 Å². The Balaban J connectivity index is 2.11. The van der Waals surface area contributed by atoms with Crippen LogP contribution in [0.4, 0.5) is 4.79 Å². The monoisotopic (exact) mass is 404 g/mol. The number of aryl methyl sites for hydroxylation is 1. The van der Waals surface area contributed by atoms with Crippen molar-refractivity contribution in [2.24, 2.45) is 0 Å². The first-order chi connectivity index (χ1) is 13.8. The standard InChI is InChI=1S/C19H24N4O6/c1-11-7-8-23(22-17(24)12(2)21-19(26)27)16(11)18(25)20-10-13-5-6-14(28-3)9-15(13)29-4/h5-9,12,21H,10H2,1-4H3,(H,20,25)(H,22,24)(H,26,27). The lowest BCUT2D eigenvalue weighted by atomic mass is 10.2. The molecule has 2 rings (SSSR count). The molecule has 0 aliphatic carbocycles. The molecule has 0 aliphatic rings. The third-order valence-electron chi connectivity index (χ3n) is 4.20. The summed E-state index contributed by atoms with van der Waals surface area (Å²) in [6.07, 6.45) is 0.201. The number of rotatable bonds is 8. The molecule has 10 nitrogen and oxygen atoms in total. The molecule has 1 atom stereocenters. The van der Waals surface area contributed by atoms with Gasteiger partial charge in [0.15, 0.2) is 0 Å². The first kappa shape index (κ1) is 21.6. The number of carbonyl (C=O) groups excluding carboxylic acids is 2. The van der Waals surface area contributed by atoms with Crippen LogP contribution in [0.3, 0.4) is 0 Å². The van der Waals surface area contributed by atoms with E-state index < -0.39 is 23.9 Å². The molecule has 0 saturated carbocycles. The highest BCUT2D eigenvalue weighted by Gasteiger charge is 2.20. The lowest BCUT2D eigenvalue weighted by molar-refractivity contribution is -0.118. The lowest BCUT2D eigenvalue weighted by Gasteiger charge is -2.16. The van der Waals surface area contributed by atoms with Gasteiger partial charge in [0.05, 0.1) is 14.2 Å². The van der Waals surface area contributed by atoms with E-state index in [4.69, 9.17) is 14.6 Å². The summed E-state index contributed by atoms with van der Waals surface area (Å²) in [5.74, 6) is 0.186. The Kier molecular flexibility index (Phi) is 7.07. The molecule has 4 N–H and O–H groups in total. The summed E-state index contributed by atoms with van der Waals surface area (Å²) in [5, 5.41) is 13.6. The lowest BCUT2D eigenvalue weighted by Crippen LogP contribution is -2.44. The molecule has 1 unspecified atom stereocenters. The van der Waals surface area contributed by atoms with Crippen molar-refractivity contribution in [1.82, 2.24) is 15.3 Å². The van der Waals surface area contributed by atoms with E-state index in [2.05, 4.69) is 16.1 Å². The number of benzene rings is 1. The van der Waals surface area contributed by atoms with Gasteiger partial charge in [-0.15, -0.1) is 0 Å². The van der Waals surface area contributed by atoms with Crippen LogP contribution in [0.1, 0.15) is 28.5 Å². The van der Waals surface area contributed by atoms with Gasteiger partial charge in [-0.2, -0.15) is 0 Å². The maximum atomic E-state index is 12.7. The fraction of sp³-hybridized carbons (Fsp3) is 0.316. The van der Waals surface area contributed by atoms with Crippen molar-refractivity contribution in [3.05, 3.63) is 47.3 Å². The smallest absolute Gasteiger partial charge is 0.405 e. The van der Waals surface area contributed by atoms with Gasteiger partial charge in [0.25, 0.3) is 11.8 Å². The van der Waals surface area contributed by atoms with Gasteiger partial charge in [0.1, 0.15) is 23.2 Å². The highest BCUT2D eigenvalue weighted by Crippen LogP contribution is 2.24. The van der Waals surface area contributed by atoms with Crippen LogP contribution >= 0.6 is 0 Å². The van der Waals surface area contributed by atoms with E-state index in [1.165, 1.54) is 24.9 Å². The zero-order valence-corrected chi connectivity index (χ0v) is 16.6. The second kappa shape index (κ2) is 9.49. The Morgan fingerprint density at radius 3 is 2.52 bits per heavy atom. The number of hydrogen-bond acceptors (Lipinski definition) is 5. The van der Waals surface area contributed by atoms with Crippen LogP contribution in [0, 0.1) is 6.92 Å². The molecular formula is C19H24N4O6. The predicted octanol–water partition coefficient (Wildman–Crippen LogP) is 1.47. The van der Waals surface area contributed by atoms with Crippen LogP contribution in [-0.2, 0) is 11.3 Å². The van der Waals surface area contributed by atoms with Gasteiger partial charge in [-0.3, -0.25) is 19.7 Å². The highest BCUT2D eigenvalue weighted by atomic mass is 16.5. The van der Waals surface area contributed by atoms with Crippen LogP contribution in [-0.4, -0.2) is 48.0 Å². The van der Waals surface area contributed by atoms with Crippen molar-refractivity contribution in [3.63, 3.8) is 0 Å². The second-order valence-corrected chi connectivity index (χ2v) is 6.23. The number of nitrogens with one attached hydrogen (secondary N) is 3. The maximum absolute atomic E-state index is 12.7. The first-order valence-corrected chi connectivity index (χ1v) is 8.74. The highest BCUT2D eigenvalue weighted by molar-refractivity contribution is 5.96. The molecule has 3 amide bonds. The first-order valence-electron chi connectivity index (χ1n) is 8.74. The third kappa shape index (κ3) is 5.41. The van der Waals surface area contributed by atoms with Crippen LogP contribution in [0.5, 0.6) is 11.5 Å². The van der Waals surface area contributed by atoms with Crippen LogP contribution < -0.4 is 25.5 Å². The zero-order valence-electron chi connectivity index (χ0n) is 16.6.